The summed E-state index contributed by atoms with van der Waals surface area (Å²) in [6, 6.07) is 24.9. The van der Waals surface area contributed by atoms with Gasteiger partial charge in [0, 0.05) is 25.5 Å². The summed E-state index contributed by atoms with van der Waals surface area (Å²) in [4.78, 5) is 15.6. The van der Waals surface area contributed by atoms with Gasteiger partial charge in [-0.15, -0.1) is 0 Å². The van der Waals surface area contributed by atoms with Crippen LogP contribution >= 0.6 is 0 Å². The summed E-state index contributed by atoms with van der Waals surface area (Å²) < 4.78 is 15.2. The van der Waals surface area contributed by atoms with Crippen molar-refractivity contribution in [2.75, 3.05) is 26.2 Å². The number of hydrogen-bond donors (Lipinski definition) is 0. The largest absolute Gasteiger partial charge is 0.492 e. The molecular weight excluding hydrogens is 474 g/mol. The number of piperidine rings is 1. The van der Waals surface area contributed by atoms with E-state index in [-0.39, 0.29) is 5.69 Å². The molecule has 194 valence electrons. The molecule has 1 aromatic heterocycles. The highest BCUT2D eigenvalue weighted by Crippen LogP contribution is 2.31. The molecule has 38 heavy (non-hydrogen) atoms. The number of hydrogen-bond acceptors (Lipinski definition) is 4. The number of imidazole rings is 1. The minimum atomic E-state index is -0.129. The Morgan fingerprint density at radius 3 is 2.13 bits per heavy atom. The van der Waals surface area contributed by atoms with Gasteiger partial charge >= 0.3 is 5.69 Å². The average Bonchev–Trinajstić information content (AvgIpc) is 3.35. The van der Waals surface area contributed by atoms with Crippen LogP contribution in [-0.2, 0) is 0 Å². The molecule has 1 atom stereocenters. The molecule has 1 unspecified atom stereocenters. The molecule has 2 heterocycles. The highest BCUT2D eigenvalue weighted by atomic mass is 16.5. The van der Waals surface area contributed by atoms with Crippen molar-refractivity contribution in [3.8, 4) is 28.6 Å². The van der Waals surface area contributed by atoms with E-state index >= 15 is 0 Å². The molecule has 1 aliphatic heterocycles. The van der Waals surface area contributed by atoms with Crippen molar-refractivity contribution in [2.24, 2.45) is 5.92 Å². The van der Waals surface area contributed by atoms with Crippen LogP contribution in [0.4, 0.5) is 0 Å². The zero-order chi connectivity index (χ0) is 25.7. The molecule has 1 aliphatic carbocycles. The number of fused-ring (bicyclic) bond motifs is 1. The number of benzene rings is 3. The lowest BCUT2D eigenvalue weighted by Gasteiger charge is -2.36. The van der Waals surface area contributed by atoms with E-state index in [0.717, 1.165) is 54.2 Å². The quantitative estimate of drug-likeness (QED) is 0.265. The Morgan fingerprint density at radius 2 is 1.42 bits per heavy atom. The Kier molecular flexibility index (Phi) is 7.14. The van der Waals surface area contributed by atoms with Gasteiger partial charge in [0.2, 0.25) is 0 Å². The van der Waals surface area contributed by atoms with E-state index in [1.54, 1.807) is 27.1 Å². The summed E-state index contributed by atoms with van der Waals surface area (Å²) in [7, 11) is 0. The second-order valence-corrected chi connectivity index (χ2v) is 10.0. The first-order chi connectivity index (χ1) is 18.7. The molecule has 6 heteroatoms. The number of aromatic nitrogens is 2. The minimum absolute atomic E-state index is 0.129. The molecule has 1 fully saturated rings. The standard InChI is InChI=1S/C32H33N3O3/c36-32-34(20-21-35(32)28-12-16-31(17-13-28)38-30-8-2-1-3-9-30)27-10-14-29(15-11-27)37-23-22-33-19-18-25-6-4-5-7-26(25)24-33/h1-3,7-17,20-21,25H,4-6,18-19,22-24H2. The number of nitrogens with zero attached hydrogens (tertiary/aromatic N) is 3. The van der Waals surface area contributed by atoms with Gasteiger partial charge < -0.3 is 9.47 Å². The fraction of sp³-hybridized carbons (Fsp3) is 0.281. The van der Waals surface area contributed by atoms with Crippen LogP contribution in [0, 0.1) is 5.92 Å². The number of rotatable bonds is 8. The summed E-state index contributed by atoms with van der Waals surface area (Å²) in [5.41, 5.74) is 3.09. The topological polar surface area (TPSA) is 48.6 Å². The first kappa shape index (κ1) is 24.3. The van der Waals surface area contributed by atoms with E-state index in [1.807, 2.05) is 78.9 Å². The van der Waals surface area contributed by atoms with Gasteiger partial charge in [0.05, 0.1) is 11.4 Å². The maximum absolute atomic E-state index is 13.1. The van der Waals surface area contributed by atoms with E-state index < -0.39 is 0 Å². The van der Waals surface area contributed by atoms with E-state index in [2.05, 4.69) is 11.0 Å². The third-order valence-corrected chi connectivity index (χ3v) is 7.55. The normalized spacial score (nSPS) is 17.5. The van der Waals surface area contributed by atoms with Crippen molar-refractivity contribution in [1.29, 1.82) is 0 Å². The fourth-order valence-corrected chi connectivity index (χ4v) is 5.46. The van der Waals surface area contributed by atoms with Gasteiger partial charge in [-0.3, -0.25) is 14.0 Å². The monoisotopic (exact) mass is 507 g/mol. The zero-order valence-corrected chi connectivity index (χ0v) is 21.5. The molecule has 6 rings (SSSR count). The van der Waals surface area contributed by atoms with Crippen molar-refractivity contribution in [1.82, 2.24) is 14.0 Å². The van der Waals surface area contributed by atoms with Gasteiger partial charge in [-0.2, -0.15) is 0 Å². The van der Waals surface area contributed by atoms with E-state index in [0.29, 0.717) is 6.61 Å². The average molecular weight is 508 g/mol. The van der Waals surface area contributed by atoms with Crippen molar-refractivity contribution in [3.05, 3.63) is 113 Å². The Bertz CT molecular complexity index is 1440. The third-order valence-electron chi connectivity index (χ3n) is 7.55. The highest BCUT2D eigenvalue weighted by Gasteiger charge is 2.25. The maximum atomic E-state index is 13.1. The fourth-order valence-electron chi connectivity index (χ4n) is 5.46. The minimum Gasteiger partial charge on any atom is -0.492 e. The predicted molar refractivity (Wildman–Crippen MR) is 150 cm³/mol. The van der Waals surface area contributed by atoms with Crippen LogP contribution in [0.3, 0.4) is 0 Å². The van der Waals surface area contributed by atoms with E-state index in [9.17, 15) is 4.79 Å². The molecule has 6 nitrogen and oxygen atoms in total. The third kappa shape index (κ3) is 5.46. The van der Waals surface area contributed by atoms with Crippen molar-refractivity contribution in [2.45, 2.75) is 25.7 Å². The summed E-state index contributed by atoms with van der Waals surface area (Å²) in [5.74, 6) is 3.14. The number of ether oxygens (including phenoxy) is 2. The first-order valence-electron chi connectivity index (χ1n) is 13.5. The van der Waals surface area contributed by atoms with Crippen LogP contribution in [0.1, 0.15) is 25.7 Å². The maximum Gasteiger partial charge on any atom is 0.337 e. The molecule has 0 spiro atoms. The molecule has 2 aliphatic rings. The van der Waals surface area contributed by atoms with Crippen LogP contribution in [0.5, 0.6) is 17.2 Å². The van der Waals surface area contributed by atoms with Crippen LogP contribution in [0.2, 0.25) is 0 Å². The SMILES string of the molecule is O=c1n(-c2ccc(OCCN3CCC4CCCC=C4C3)cc2)ccn1-c1ccc(Oc2ccccc2)cc1. The van der Waals surface area contributed by atoms with E-state index in [1.165, 1.54) is 25.7 Å². The Morgan fingerprint density at radius 1 is 0.763 bits per heavy atom. The molecule has 3 aromatic carbocycles. The second kappa shape index (κ2) is 11.2. The van der Waals surface area contributed by atoms with Crippen molar-refractivity contribution in [3.63, 3.8) is 0 Å². The van der Waals surface area contributed by atoms with Gasteiger partial charge in [-0.1, -0.05) is 29.8 Å². The molecule has 0 bridgehead atoms. The van der Waals surface area contributed by atoms with Crippen molar-refractivity contribution >= 4 is 0 Å². The number of likely N-dealkylation sites (tertiary alicyclic amines) is 1. The van der Waals surface area contributed by atoms with Gasteiger partial charge in [-0.05, 0) is 98.8 Å². The molecular formula is C32H33N3O3. The summed E-state index contributed by atoms with van der Waals surface area (Å²) in [6.07, 6.45) is 11.3. The lowest BCUT2D eigenvalue weighted by atomic mass is 9.82. The van der Waals surface area contributed by atoms with E-state index in [4.69, 9.17) is 9.47 Å². The van der Waals surface area contributed by atoms with Crippen LogP contribution in [-0.4, -0.2) is 40.3 Å². The number of para-hydroxylation sites is 1. The Labute approximate surface area is 223 Å². The van der Waals surface area contributed by atoms with Crippen LogP contribution < -0.4 is 15.2 Å². The summed E-state index contributed by atoms with van der Waals surface area (Å²) in [6.45, 7) is 3.85. The van der Waals surface area contributed by atoms with Gasteiger partial charge in [0.25, 0.3) is 0 Å². The first-order valence-corrected chi connectivity index (χ1v) is 13.5. The summed E-state index contributed by atoms with van der Waals surface area (Å²) >= 11 is 0. The lowest BCUT2D eigenvalue weighted by molar-refractivity contribution is 0.182. The molecule has 0 amide bonds. The Hall–Kier alpha value is -4.03. The zero-order valence-electron chi connectivity index (χ0n) is 21.5. The summed E-state index contributed by atoms with van der Waals surface area (Å²) in [5, 5.41) is 0. The molecule has 1 saturated heterocycles. The molecule has 0 N–H and O–H groups in total. The van der Waals surface area contributed by atoms with Crippen molar-refractivity contribution < 1.29 is 9.47 Å². The van der Waals surface area contributed by atoms with Gasteiger partial charge in [0.15, 0.2) is 0 Å². The molecule has 4 aromatic rings. The number of allylic oxidation sites excluding steroid dienone is 1. The molecule has 0 saturated carbocycles. The highest BCUT2D eigenvalue weighted by molar-refractivity contribution is 5.41. The van der Waals surface area contributed by atoms with Gasteiger partial charge in [-0.25, -0.2) is 4.79 Å². The van der Waals surface area contributed by atoms with Crippen LogP contribution in [0.25, 0.3) is 11.4 Å². The van der Waals surface area contributed by atoms with Crippen LogP contribution in [0.15, 0.2) is 108 Å². The smallest absolute Gasteiger partial charge is 0.337 e. The lowest BCUT2D eigenvalue weighted by Crippen LogP contribution is -2.38. The second-order valence-electron chi connectivity index (χ2n) is 10.0. The predicted octanol–water partition coefficient (Wildman–Crippen LogP) is 6.23. The van der Waals surface area contributed by atoms with Gasteiger partial charge in [0.1, 0.15) is 23.9 Å². The molecule has 0 radical (unpaired) electrons. The Balaban J connectivity index is 1.05.